The Hall–Kier alpha value is -2.44. The number of rotatable bonds is 1. The molecule has 0 aliphatic carbocycles. The maximum absolute atomic E-state index is 13.2. The zero-order chi connectivity index (χ0) is 18.5. The third-order valence-electron chi connectivity index (χ3n) is 4.34. The van der Waals surface area contributed by atoms with Gasteiger partial charge in [-0.2, -0.15) is 4.31 Å². The molecule has 1 heterocycles. The highest BCUT2D eigenvalue weighted by Crippen LogP contribution is 2.43. The molecular weight excluding hydrogens is 414 g/mol. The van der Waals surface area contributed by atoms with E-state index in [4.69, 9.17) is 0 Å². The van der Waals surface area contributed by atoms with Crippen molar-refractivity contribution in [1.82, 2.24) is 0 Å². The van der Waals surface area contributed by atoms with E-state index in [1.54, 1.807) is 48.5 Å². The van der Waals surface area contributed by atoms with Crippen molar-refractivity contribution in [2.45, 2.75) is 11.8 Å². The number of hydrogen-bond acceptors (Lipinski definition) is 3. The number of carbonyl (C=O) groups is 1. The summed E-state index contributed by atoms with van der Waals surface area (Å²) >= 11 is 3.32. The van der Waals surface area contributed by atoms with E-state index < -0.39 is 15.9 Å². The van der Waals surface area contributed by atoms with Crippen LogP contribution in [0.4, 0.5) is 5.69 Å². The van der Waals surface area contributed by atoms with Gasteiger partial charge in [0.05, 0.1) is 10.6 Å². The van der Waals surface area contributed by atoms with Crippen molar-refractivity contribution in [3.05, 3.63) is 82.3 Å². The highest BCUT2D eigenvalue weighted by molar-refractivity contribution is 9.10. The lowest BCUT2D eigenvalue weighted by molar-refractivity contribution is 0.101. The summed E-state index contributed by atoms with van der Waals surface area (Å²) in [5.41, 5.74) is 3.03. The minimum Gasteiger partial charge on any atom is -0.268 e. The van der Waals surface area contributed by atoms with Gasteiger partial charge in [0.2, 0.25) is 0 Å². The van der Waals surface area contributed by atoms with Crippen molar-refractivity contribution in [2.75, 3.05) is 4.31 Å². The number of nitrogens with zero attached hydrogens (tertiary/aromatic N) is 1. The highest BCUT2D eigenvalue weighted by atomic mass is 79.9. The molecule has 130 valence electrons. The van der Waals surface area contributed by atoms with E-state index in [1.165, 1.54) is 6.07 Å². The van der Waals surface area contributed by atoms with Crippen molar-refractivity contribution in [2.24, 2.45) is 0 Å². The fourth-order valence-corrected chi connectivity index (χ4v) is 5.02. The van der Waals surface area contributed by atoms with Crippen molar-refractivity contribution < 1.29 is 13.2 Å². The first-order chi connectivity index (χ1) is 12.4. The first kappa shape index (κ1) is 17.0. The van der Waals surface area contributed by atoms with Crippen LogP contribution in [0.15, 0.2) is 76.1 Å². The van der Waals surface area contributed by atoms with Crippen LogP contribution in [-0.2, 0) is 10.0 Å². The van der Waals surface area contributed by atoms with E-state index >= 15 is 0 Å². The smallest absolute Gasteiger partial charge is 0.268 e. The van der Waals surface area contributed by atoms with Gasteiger partial charge in [0, 0.05) is 21.2 Å². The molecule has 0 spiro atoms. The van der Waals surface area contributed by atoms with Crippen molar-refractivity contribution >= 4 is 37.5 Å². The van der Waals surface area contributed by atoms with Gasteiger partial charge >= 0.3 is 0 Å². The Kier molecular flexibility index (Phi) is 3.97. The van der Waals surface area contributed by atoms with Crippen LogP contribution in [0, 0.1) is 6.92 Å². The summed E-state index contributed by atoms with van der Waals surface area (Å²) in [4.78, 5) is 13.3. The molecule has 0 unspecified atom stereocenters. The highest BCUT2D eigenvalue weighted by Gasteiger charge is 2.39. The number of sulfonamides is 1. The van der Waals surface area contributed by atoms with Gasteiger partial charge in [-0.3, -0.25) is 4.79 Å². The molecule has 0 radical (unpaired) electrons. The van der Waals surface area contributed by atoms with Crippen LogP contribution in [0.3, 0.4) is 0 Å². The Bertz CT molecular complexity index is 1140. The van der Waals surface area contributed by atoms with Gasteiger partial charge in [0.15, 0.2) is 0 Å². The van der Waals surface area contributed by atoms with Gasteiger partial charge in [-0.25, -0.2) is 8.42 Å². The molecule has 3 aromatic rings. The van der Waals surface area contributed by atoms with E-state index in [2.05, 4.69) is 15.9 Å². The molecule has 0 atom stereocenters. The molecule has 0 bridgehead atoms. The molecule has 6 heteroatoms. The average molecular weight is 428 g/mol. The van der Waals surface area contributed by atoms with E-state index in [-0.39, 0.29) is 4.90 Å². The predicted octanol–water partition coefficient (Wildman–Crippen LogP) is 4.77. The monoisotopic (exact) mass is 427 g/mol. The first-order valence-corrected chi connectivity index (χ1v) is 10.2. The number of halogens is 1. The van der Waals surface area contributed by atoms with Gasteiger partial charge in [0.25, 0.3) is 15.9 Å². The summed E-state index contributed by atoms with van der Waals surface area (Å²) in [7, 11) is -3.99. The Morgan fingerprint density at radius 1 is 0.923 bits per heavy atom. The fourth-order valence-electron chi connectivity index (χ4n) is 3.11. The lowest BCUT2D eigenvalue weighted by Gasteiger charge is -2.30. The second-order valence-corrected chi connectivity index (χ2v) is 8.77. The SMILES string of the molecule is Cc1ccc2c(c1)-c1ccccc1S(=O)(=O)N2C(=O)c1ccc(Br)cc1. The molecule has 1 aliphatic rings. The predicted molar refractivity (Wildman–Crippen MR) is 105 cm³/mol. The van der Waals surface area contributed by atoms with Gasteiger partial charge < -0.3 is 0 Å². The largest absolute Gasteiger partial charge is 0.272 e. The van der Waals surface area contributed by atoms with Crippen LogP contribution in [-0.4, -0.2) is 14.3 Å². The summed E-state index contributed by atoms with van der Waals surface area (Å²) in [6.07, 6.45) is 0. The molecular formula is C20H14BrNO3S. The van der Waals surface area contributed by atoms with Crippen molar-refractivity contribution in [3.8, 4) is 11.1 Å². The van der Waals surface area contributed by atoms with E-state index in [1.807, 2.05) is 19.1 Å². The average Bonchev–Trinajstić information content (AvgIpc) is 2.63. The maximum Gasteiger partial charge on any atom is 0.272 e. The number of hydrogen-bond donors (Lipinski definition) is 0. The molecule has 4 nitrogen and oxygen atoms in total. The van der Waals surface area contributed by atoms with Crippen LogP contribution in [0.2, 0.25) is 0 Å². The number of benzene rings is 3. The molecule has 0 aromatic heterocycles. The molecule has 26 heavy (non-hydrogen) atoms. The minimum atomic E-state index is -3.99. The summed E-state index contributed by atoms with van der Waals surface area (Å²) in [6, 6.07) is 18.8. The number of amides is 1. The lowest BCUT2D eigenvalue weighted by atomic mass is 10.0. The Morgan fingerprint density at radius 3 is 2.35 bits per heavy atom. The maximum atomic E-state index is 13.2. The molecule has 3 aromatic carbocycles. The van der Waals surface area contributed by atoms with Gasteiger partial charge in [-0.1, -0.05) is 45.8 Å². The molecule has 0 N–H and O–H groups in total. The molecule has 0 fully saturated rings. The van der Waals surface area contributed by atoms with E-state index in [9.17, 15) is 13.2 Å². The van der Waals surface area contributed by atoms with Crippen LogP contribution >= 0.6 is 15.9 Å². The topological polar surface area (TPSA) is 54.5 Å². The standard InChI is InChI=1S/C20H14BrNO3S/c1-13-6-11-18-17(12-13)16-4-2-3-5-19(16)26(24,25)22(18)20(23)14-7-9-15(21)10-8-14/h2-12H,1H3. The summed E-state index contributed by atoms with van der Waals surface area (Å²) in [6.45, 7) is 1.94. The summed E-state index contributed by atoms with van der Waals surface area (Å²) in [5.74, 6) is -0.572. The Balaban J connectivity index is 1.98. The molecule has 4 rings (SSSR count). The molecule has 1 aliphatic heterocycles. The van der Waals surface area contributed by atoms with Gasteiger partial charge in [-0.15, -0.1) is 0 Å². The Labute approximate surface area is 160 Å². The molecule has 0 saturated carbocycles. The zero-order valence-electron chi connectivity index (χ0n) is 13.8. The normalized spacial score (nSPS) is 14.5. The first-order valence-electron chi connectivity index (χ1n) is 7.95. The quantitative estimate of drug-likeness (QED) is 0.561. The fraction of sp³-hybridized carbons (Fsp3) is 0.0500. The molecule has 0 saturated heterocycles. The van der Waals surface area contributed by atoms with Crippen LogP contribution in [0.25, 0.3) is 11.1 Å². The van der Waals surface area contributed by atoms with Crippen LogP contribution in [0.1, 0.15) is 15.9 Å². The number of fused-ring (bicyclic) bond motifs is 3. The third-order valence-corrected chi connectivity index (χ3v) is 6.63. The van der Waals surface area contributed by atoms with Crippen LogP contribution < -0.4 is 4.31 Å². The van der Waals surface area contributed by atoms with E-state index in [0.717, 1.165) is 19.9 Å². The van der Waals surface area contributed by atoms with Crippen LogP contribution in [0.5, 0.6) is 0 Å². The number of carbonyl (C=O) groups excluding carboxylic acids is 1. The third kappa shape index (κ3) is 2.57. The van der Waals surface area contributed by atoms with Gasteiger partial charge in [0.1, 0.15) is 0 Å². The number of anilines is 1. The minimum absolute atomic E-state index is 0.142. The summed E-state index contributed by atoms with van der Waals surface area (Å²) < 4.78 is 28.2. The Morgan fingerprint density at radius 2 is 1.62 bits per heavy atom. The molecule has 1 amide bonds. The zero-order valence-corrected chi connectivity index (χ0v) is 16.2. The lowest BCUT2D eigenvalue weighted by Crippen LogP contribution is -2.39. The van der Waals surface area contributed by atoms with E-state index in [0.29, 0.717) is 16.8 Å². The summed E-state index contributed by atoms with van der Waals surface area (Å²) in [5, 5.41) is 0. The second kappa shape index (κ2) is 6.07. The number of aryl methyl sites for hydroxylation is 1. The van der Waals surface area contributed by atoms with Gasteiger partial charge in [-0.05, 0) is 49.4 Å². The van der Waals surface area contributed by atoms with Crippen molar-refractivity contribution in [3.63, 3.8) is 0 Å². The van der Waals surface area contributed by atoms with Crippen molar-refractivity contribution in [1.29, 1.82) is 0 Å². The second-order valence-electron chi connectivity index (χ2n) is 6.10.